The summed E-state index contributed by atoms with van der Waals surface area (Å²) in [6.07, 6.45) is 8.66. The summed E-state index contributed by atoms with van der Waals surface area (Å²) in [5.41, 5.74) is 3.74. The van der Waals surface area contributed by atoms with Crippen molar-refractivity contribution in [3.05, 3.63) is 94.9 Å². The predicted molar refractivity (Wildman–Crippen MR) is 231 cm³/mol. The number of hydrogen-bond donors (Lipinski definition) is 4. The number of imide groups is 2. The Hall–Kier alpha value is -6.46. The van der Waals surface area contributed by atoms with Crippen LogP contribution in [-0.2, 0) is 25.7 Å². The fraction of sp³-hybridized carbons (Fsp3) is 0.391. The molecule has 4 aliphatic heterocycles. The van der Waals surface area contributed by atoms with Crippen molar-refractivity contribution < 1.29 is 37.5 Å². The highest BCUT2D eigenvalue weighted by molar-refractivity contribution is 6.25. The van der Waals surface area contributed by atoms with Crippen LogP contribution in [-0.4, -0.2) is 118 Å². The van der Waals surface area contributed by atoms with E-state index in [-0.39, 0.29) is 48.0 Å². The number of benzene rings is 3. The van der Waals surface area contributed by atoms with Crippen molar-refractivity contribution in [2.45, 2.75) is 70.0 Å². The molecule has 4 aromatic rings. The SMILES string of the molecule is N=C/C(=C\NC1CCN(C(=O)CCCCCNc2cccc3c2C(=O)N(C2CCC(=O)NC2=O)C3=O)CC1)c1cnc2cccc(-c3cc(F)c(CN4CCOCC4)c(F)c3)c2n1. The van der Waals surface area contributed by atoms with Gasteiger partial charge in [-0.2, -0.15) is 0 Å². The number of piperidine rings is 2. The fourth-order valence-corrected chi connectivity index (χ4v) is 8.61. The number of ether oxygens (including phenoxy) is 1. The number of anilines is 1. The summed E-state index contributed by atoms with van der Waals surface area (Å²) in [7, 11) is 0. The van der Waals surface area contributed by atoms with Gasteiger partial charge in [-0.05, 0) is 68.0 Å². The summed E-state index contributed by atoms with van der Waals surface area (Å²) in [6, 6.07) is 12.0. The zero-order chi connectivity index (χ0) is 44.0. The van der Waals surface area contributed by atoms with Crippen LogP contribution >= 0.6 is 0 Å². The van der Waals surface area contributed by atoms with Gasteiger partial charge in [0.2, 0.25) is 17.7 Å². The third kappa shape index (κ3) is 9.49. The van der Waals surface area contributed by atoms with Crippen molar-refractivity contribution in [3.8, 4) is 11.1 Å². The molecule has 0 radical (unpaired) electrons. The van der Waals surface area contributed by atoms with Gasteiger partial charge >= 0.3 is 0 Å². The van der Waals surface area contributed by atoms with Crippen LogP contribution in [0.2, 0.25) is 0 Å². The molecule has 15 nitrogen and oxygen atoms in total. The van der Waals surface area contributed by atoms with Gasteiger partial charge in [0.25, 0.3) is 11.8 Å². The van der Waals surface area contributed by atoms with Gasteiger partial charge in [-0.25, -0.2) is 13.8 Å². The number of aromatic nitrogens is 2. The number of carbonyl (C=O) groups is 5. The van der Waals surface area contributed by atoms with Crippen LogP contribution in [0.5, 0.6) is 0 Å². The predicted octanol–water partition coefficient (Wildman–Crippen LogP) is 5.05. The molecule has 0 spiro atoms. The molecular weight excluding hydrogens is 813 g/mol. The summed E-state index contributed by atoms with van der Waals surface area (Å²) in [5, 5.41) is 17.0. The molecule has 1 unspecified atom stereocenters. The second kappa shape index (κ2) is 19.3. The minimum Gasteiger partial charge on any atom is -0.387 e. The Morgan fingerprint density at radius 2 is 1.67 bits per heavy atom. The average molecular weight is 862 g/mol. The van der Waals surface area contributed by atoms with Crippen molar-refractivity contribution in [3.63, 3.8) is 0 Å². The zero-order valence-electron chi connectivity index (χ0n) is 34.8. The van der Waals surface area contributed by atoms with Crippen LogP contribution in [0.15, 0.2) is 60.9 Å². The van der Waals surface area contributed by atoms with E-state index >= 15 is 8.78 Å². The number of nitrogens with zero attached hydrogens (tertiary/aromatic N) is 5. The number of halogens is 2. The molecule has 1 atom stereocenters. The van der Waals surface area contributed by atoms with Crippen LogP contribution in [0.1, 0.15) is 83.3 Å². The Balaban J connectivity index is 0.798. The first kappa shape index (κ1) is 43.2. The maximum absolute atomic E-state index is 15.4. The van der Waals surface area contributed by atoms with Crippen molar-refractivity contribution in [1.82, 2.24) is 35.3 Å². The molecule has 0 bridgehead atoms. The van der Waals surface area contributed by atoms with Gasteiger partial charge in [-0.1, -0.05) is 24.6 Å². The summed E-state index contributed by atoms with van der Waals surface area (Å²) in [4.78, 5) is 77.8. The van der Waals surface area contributed by atoms with Crippen molar-refractivity contribution in [1.29, 1.82) is 5.41 Å². The normalized spacial score (nSPS) is 18.8. The molecule has 3 aromatic carbocycles. The van der Waals surface area contributed by atoms with Gasteiger partial charge < -0.3 is 25.7 Å². The van der Waals surface area contributed by atoms with Gasteiger partial charge in [0, 0.05) is 93.0 Å². The van der Waals surface area contributed by atoms with Crippen LogP contribution in [0.25, 0.3) is 27.7 Å². The van der Waals surface area contributed by atoms with E-state index in [1.165, 1.54) is 18.3 Å². The Morgan fingerprint density at radius 3 is 2.41 bits per heavy atom. The molecule has 0 aliphatic carbocycles. The summed E-state index contributed by atoms with van der Waals surface area (Å²) in [6.45, 7) is 4.13. The van der Waals surface area contributed by atoms with Gasteiger partial charge in [-0.3, -0.25) is 44.1 Å². The second-order valence-electron chi connectivity index (χ2n) is 16.2. The standard InChI is InChI=1S/C46H49F2N9O6/c47-34-22-28(23-35(48)33(34)27-55-18-20-63-21-19-55)31-6-4-9-37-43(31)53-38(26-52-37)29(24-49)25-51-30-13-16-56(17-14-30)41(59)10-2-1-3-15-50-36-8-5-7-32-42(36)46(62)57(45(32)61)39-11-12-40(58)54-44(39)60/h4-9,22-26,30,39,49-51H,1-3,10-21,27H2,(H,54,58,60)/b29-25+,49-24?. The number of fused-ring (bicyclic) bond motifs is 2. The lowest BCUT2D eigenvalue weighted by molar-refractivity contribution is -0.136. The van der Waals surface area contributed by atoms with Gasteiger partial charge in [-0.15, -0.1) is 0 Å². The van der Waals surface area contributed by atoms with E-state index in [9.17, 15) is 24.0 Å². The highest BCUT2D eigenvalue weighted by Gasteiger charge is 2.45. The molecular formula is C46H49F2N9O6. The number of hydrogen-bond acceptors (Lipinski definition) is 12. The molecule has 5 amide bonds. The Kier molecular flexibility index (Phi) is 13.2. The topological polar surface area (TPSA) is 190 Å². The monoisotopic (exact) mass is 861 g/mol. The van der Waals surface area contributed by atoms with Crippen LogP contribution in [0.3, 0.4) is 0 Å². The van der Waals surface area contributed by atoms with Gasteiger partial charge in [0.1, 0.15) is 17.7 Å². The highest BCUT2D eigenvalue weighted by Crippen LogP contribution is 2.33. The van der Waals surface area contributed by atoms with Crippen molar-refractivity contribution in [2.75, 3.05) is 51.3 Å². The number of para-hydroxylation sites is 1. The molecule has 5 heterocycles. The van der Waals surface area contributed by atoms with Crippen LogP contribution in [0.4, 0.5) is 14.5 Å². The molecule has 63 heavy (non-hydrogen) atoms. The number of carbonyl (C=O) groups excluding carboxylic acids is 5. The minimum absolute atomic E-state index is 0.0159. The fourth-order valence-electron chi connectivity index (χ4n) is 8.61. The molecule has 3 saturated heterocycles. The Morgan fingerprint density at radius 1 is 0.921 bits per heavy atom. The number of amides is 5. The Bertz CT molecular complexity index is 2460. The maximum Gasteiger partial charge on any atom is 0.264 e. The number of morpholine rings is 1. The number of unbranched alkanes of at least 4 members (excludes halogenated alkanes) is 2. The molecule has 328 valence electrons. The van der Waals surface area contributed by atoms with E-state index in [0.717, 1.165) is 17.7 Å². The van der Waals surface area contributed by atoms with E-state index in [0.29, 0.717) is 111 Å². The van der Waals surface area contributed by atoms with E-state index in [4.69, 9.17) is 15.1 Å². The Labute approximate surface area is 362 Å². The van der Waals surface area contributed by atoms with Crippen LogP contribution in [0, 0.1) is 17.0 Å². The smallest absolute Gasteiger partial charge is 0.264 e. The molecule has 3 fully saturated rings. The van der Waals surface area contributed by atoms with Gasteiger partial charge in [0.05, 0.1) is 47.3 Å². The van der Waals surface area contributed by atoms with Gasteiger partial charge in [0.15, 0.2) is 0 Å². The molecule has 17 heteroatoms. The molecule has 4 aliphatic rings. The first-order valence-corrected chi connectivity index (χ1v) is 21.5. The maximum atomic E-state index is 15.4. The number of allylic oxidation sites excluding steroid dienone is 1. The van der Waals surface area contributed by atoms with Crippen molar-refractivity contribution in [2.24, 2.45) is 0 Å². The quantitative estimate of drug-likeness (QED) is 0.0711. The number of likely N-dealkylation sites (tertiary alicyclic amines) is 1. The lowest BCUT2D eigenvalue weighted by Crippen LogP contribution is -2.54. The zero-order valence-corrected chi connectivity index (χ0v) is 34.8. The second-order valence-corrected chi connectivity index (χ2v) is 16.2. The molecule has 0 saturated carbocycles. The minimum atomic E-state index is -1.03. The number of nitrogens with one attached hydrogen (secondary N) is 4. The van der Waals surface area contributed by atoms with E-state index < -0.39 is 41.3 Å². The lowest BCUT2D eigenvalue weighted by atomic mass is 10.0. The van der Waals surface area contributed by atoms with E-state index in [1.54, 1.807) is 48.8 Å². The molecule has 1 aromatic heterocycles. The summed E-state index contributed by atoms with van der Waals surface area (Å²) >= 11 is 0. The third-order valence-electron chi connectivity index (χ3n) is 12.1. The summed E-state index contributed by atoms with van der Waals surface area (Å²) < 4.78 is 36.1. The summed E-state index contributed by atoms with van der Waals surface area (Å²) in [5.74, 6) is -3.36. The largest absolute Gasteiger partial charge is 0.387 e. The first-order valence-electron chi connectivity index (χ1n) is 21.5. The lowest BCUT2D eigenvalue weighted by Gasteiger charge is -2.32. The third-order valence-corrected chi connectivity index (χ3v) is 12.1. The first-order chi connectivity index (χ1) is 30.6. The average Bonchev–Trinajstić information content (AvgIpc) is 3.55. The molecule has 4 N–H and O–H groups in total. The van der Waals surface area contributed by atoms with E-state index in [2.05, 4.69) is 20.9 Å². The van der Waals surface area contributed by atoms with Crippen LogP contribution < -0.4 is 16.0 Å². The van der Waals surface area contributed by atoms with E-state index in [1.807, 2.05) is 9.80 Å². The van der Waals surface area contributed by atoms with Crippen molar-refractivity contribution >= 4 is 58.0 Å². The highest BCUT2D eigenvalue weighted by atomic mass is 19.1. The number of rotatable bonds is 15. The molecule has 8 rings (SSSR count).